The van der Waals surface area contributed by atoms with Crippen LogP contribution in [-0.4, -0.2) is 21.3 Å². The van der Waals surface area contributed by atoms with Crippen LogP contribution in [0.15, 0.2) is 35.1 Å². The summed E-state index contributed by atoms with van der Waals surface area (Å²) < 4.78 is 4.11. The number of hydrogen-bond donors (Lipinski definition) is 1. The molecule has 0 aliphatic rings. The summed E-state index contributed by atoms with van der Waals surface area (Å²) in [5, 5.41) is 8.49. The summed E-state index contributed by atoms with van der Waals surface area (Å²) >= 11 is 5.16. The van der Waals surface area contributed by atoms with Crippen LogP contribution < -0.4 is 5.32 Å². The molecule has 1 N–H and O–H groups in total. The molecule has 6 heteroatoms. The highest BCUT2D eigenvalue weighted by molar-refractivity contribution is 9.10. The van der Waals surface area contributed by atoms with Gasteiger partial charge in [-0.15, -0.1) is 0 Å². The molecule has 0 fully saturated rings. The van der Waals surface area contributed by atoms with Gasteiger partial charge in [0.15, 0.2) is 5.13 Å². The topological polar surface area (TPSA) is 42.7 Å². The van der Waals surface area contributed by atoms with Gasteiger partial charge in [0.25, 0.3) is 0 Å². The van der Waals surface area contributed by atoms with E-state index in [0.717, 1.165) is 28.1 Å². The lowest BCUT2D eigenvalue weighted by Crippen LogP contribution is -2.03. The highest BCUT2D eigenvalue weighted by Gasteiger charge is 2.04. The third kappa shape index (κ3) is 2.96. The molecular formula is C13H13BrN4S. The molecule has 0 bridgehead atoms. The third-order valence-electron chi connectivity index (χ3n) is 2.80. The molecule has 0 radical (unpaired) electrons. The van der Waals surface area contributed by atoms with Crippen molar-refractivity contribution in [2.24, 2.45) is 7.05 Å². The van der Waals surface area contributed by atoms with Crippen LogP contribution in [0.3, 0.4) is 0 Å². The first kappa shape index (κ1) is 12.6. The molecular weight excluding hydrogens is 324 g/mol. The van der Waals surface area contributed by atoms with Crippen LogP contribution in [0.25, 0.3) is 10.2 Å². The van der Waals surface area contributed by atoms with E-state index >= 15 is 0 Å². The number of fused-ring (bicyclic) bond motifs is 1. The second kappa shape index (κ2) is 5.30. The van der Waals surface area contributed by atoms with Crippen LogP contribution in [0.4, 0.5) is 5.13 Å². The van der Waals surface area contributed by atoms with Crippen LogP contribution in [0.5, 0.6) is 0 Å². The first-order valence-electron chi connectivity index (χ1n) is 5.98. The van der Waals surface area contributed by atoms with Gasteiger partial charge in [-0.1, -0.05) is 27.3 Å². The highest BCUT2D eigenvalue weighted by Crippen LogP contribution is 2.28. The normalized spacial score (nSPS) is 11.1. The van der Waals surface area contributed by atoms with Gasteiger partial charge in [0.05, 0.1) is 16.4 Å². The number of aryl methyl sites for hydroxylation is 1. The van der Waals surface area contributed by atoms with Crippen LogP contribution >= 0.6 is 27.3 Å². The van der Waals surface area contributed by atoms with Crippen molar-refractivity contribution in [3.63, 3.8) is 0 Å². The Morgan fingerprint density at radius 1 is 1.42 bits per heavy atom. The van der Waals surface area contributed by atoms with Gasteiger partial charge in [0, 0.05) is 24.3 Å². The van der Waals surface area contributed by atoms with Gasteiger partial charge in [0.1, 0.15) is 0 Å². The van der Waals surface area contributed by atoms with Gasteiger partial charge in [-0.3, -0.25) is 4.68 Å². The van der Waals surface area contributed by atoms with E-state index in [1.807, 2.05) is 36.3 Å². The summed E-state index contributed by atoms with van der Waals surface area (Å²) in [6, 6.07) is 6.14. The van der Waals surface area contributed by atoms with Crippen molar-refractivity contribution in [3.05, 3.63) is 40.6 Å². The Labute approximate surface area is 123 Å². The quantitative estimate of drug-likeness (QED) is 0.793. The van der Waals surface area contributed by atoms with Crippen molar-refractivity contribution < 1.29 is 0 Å². The number of aromatic nitrogens is 3. The average molecular weight is 337 g/mol. The van der Waals surface area contributed by atoms with Crippen LogP contribution in [0.1, 0.15) is 5.56 Å². The number of rotatable bonds is 4. The van der Waals surface area contributed by atoms with Gasteiger partial charge >= 0.3 is 0 Å². The van der Waals surface area contributed by atoms with E-state index in [2.05, 4.69) is 37.4 Å². The molecule has 0 amide bonds. The standard InChI is InChI=1S/C13H13BrN4S/c1-18-8-9(7-16-18)4-5-15-13-17-11-3-2-10(14)6-12(11)19-13/h2-3,6-8H,4-5H2,1H3,(H,15,17). The van der Waals surface area contributed by atoms with Crippen molar-refractivity contribution >= 4 is 42.6 Å². The van der Waals surface area contributed by atoms with Gasteiger partial charge in [0.2, 0.25) is 0 Å². The lowest BCUT2D eigenvalue weighted by Gasteiger charge is -1.99. The van der Waals surface area contributed by atoms with Gasteiger partial charge in [-0.25, -0.2) is 4.98 Å². The van der Waals surface area contributed by atoms with E-state index in [1.54, 1.807) is 11.3 Å². The summed E-state index contributed by atoms with van der Waals surface area (Å²) in [5.74, 6) is 0. The number of thiazole rings is 1. The van der Waals surface area contributed by atoms with Crippen molar-refractivity contribution in [2.75, 3.05) is 11.9 Å². The molecule has 0 aliphatic carbocycles. The molecule has 2 heterocycles. The molecule has 0 unspecified atom stereocenters. The second-order valence-corrected chi connectivity index (χ2v) is 6.28. The number of nitrogens with zero attached hydrogens (tertiary/aromatic N) is 3. The molecule has 19 heavy (non-hydrogen) atoms. The molecule has 2 aromatic heterocycles. The van der Waals surface area contributed by atoms with E-state index in [0.29, 0.717) is 0 Å². The van der Waals surface area contributed by atoms with E-state index < -0.39 is 0 Å². The van der Waals surface area contributed by atoms with Crippen molar-refractivity contribution in [1.82, 2.24) is 14.8 Å². The van der Waals surface area contributed by atoms with Crippen molar-refractivity contribution in [3.8, 4) is 0 Å². The van der Waals surface area contributed by atoms with Crippen molar-refractivity contribution in [1.29, 1.82) is 0 Å². The van der Waals surface area contributed by atoms with Crippen LogP contribution in [-0.2, 0) is 13.5 Å². The zero-order valence-corrected chi connectivity index (χ0v) is 12.8. The predicted molar refractivity (Wildman–Crippen MR) is 82.7 cm³/mol. The monoisotopic (exact) mass is 336 g/mol. The molecule has 98 valence electrons. The van der Waals surface area contributed by atoms with Gasteiger partial charge in [-0.2, -0.15) is 5.10 Å². The highest BCUT2D eigenvalue weighted by atomic mass is 79.9. The molecule has 0 saturated carbocycles. The Hall–Kier alpha value is -1.40. The summed E-state index contributed by atoms with van der Waals surface area (Å²) in [5.41, 5.74) is 2.27. The Bertz CT molecular complexity index is 704. The van der Waals surface area contributed by atoms with Gasteiger partial charge in [-0.05, 0) is 30.2 Å². The predicted octanol–water partition coefficient (Wildman–Crippen LogP) is 3.45. The average Bonchev–Trinajstić information content (AvgIpc) is 2.95. The number of halogens is 1. The lowest BCUT2D eigenvalue weighted by molar-refractivity contribution is 0.767. The Morgan fingerprint density at radius 3 is 3.11 bits per heavy atom. The fourth-order valence-corrected chi connectivity index (χ4v) is 3.33. The molecule has 0 saturated heterocycles. The number of nitrogens with one attached hydrogen (secondary N) is 1. The molecule has 0 atom stereocenters. The molecule has 0 aliphatic heterocycles. The number of benzene rings is 1. The Morgan fingerprint density at radius 2 is 2.32 bits per heavy atom. The van der Waals surface area contributed by atoms with E-state index in [4.69, 9.17) is 0 Å². The first-order valence-corrected chi connectivity index (χ1v) is 7.59. The minimum Gasteiger partial charge on any atom is -0.361 e. The number of hydrogen-bond acceptors (Lipinski definition) is 4. The van der Waals surface area contributed by atoms with E-state index in [1.165, 1.54) is 10.3 Å². The molecule has 4 nitrogen and oxygen atoms in total. The zero-order valence-electron chi connectivity index (χ0n) is 10.4. The maximum atomic E-state index is 4.56. The summed E-state index contributed by atoms with van der Waals surface area (Å²) in [6.07, 6.45) is 4.89. The second-order valence-electron chi connectivity index (χ2n) is 4.33. The smallest absolute Gasteiger partial charge is 0.183 e. The third-order valence-corrected chi connectivity index (χ3v) is 4.27. The molecule has 0 spiro atoms. The Kier molecular flexibility index (Phi) is 3.52. The van der Waals surface area contributed by atoms with E-state index in [9.17, 15) is 0 Å². The first-order chi connectivity index (χ1) is 9.20. The fourth-order valence-electron chi connectivity index (χ4n) is 1.89. The fraction of sp³-hybridized carbons (Fsp3) is 0.231. The number of anilines is 1. The molecule has 3 rings (SSSR count). The van der Waals surface area contributed by atoms with Crippen LogP contribution in [0, 0.1) is 0 Å². The van der Waals surface area contributed by atoms with E-state index in [-0.39, 0.29) is 0 Å². The maximum absolute atomic E-state index is 4.56. The SMILES string of the molecule is Cn1cc(CCNc2nc3ccc(Br)cc3s2)cn1. The largest absolute Gasteiger partial charge is 0.361 e. The Balaban J connectivity index is 1.65. The van der Waals surface area contributed by atoms with Crippen molar-refractivity contribution in [2.45, 2.75) is 6.42 Å². The summed E-state index contributed by atoms with van der Waals surface area (Å²) in [7, 11) is 1.93. The minimum absolute atomic E-state index is 0.868. The van der Waals surface area contributed by atoms with Crippen LogP contribution in [0.2, 0.25) is 0 Å². The molecule has 1 aromatic carbocycles. The minimum atomic E-state index is 0.868. The lowest BCUT2D eigenvalue weighted by atomic mass is 10.2. The maximum Gasteiger partial charge on any atom is 0.183 e. The molecule has 3 aromatic rings. The zero-order chi connectivity index (χ0) is 13.2. The summed E-state index contributed by atoms with van der Waals surface area (Å²) in [6.45, 7) is 0.868. The summed E-state index contributed by atoms with van der Waals surface area (Å²) in [4.78, 5) is 4.56. The van der Waals surface area contributed by atoms with Gasteiger partial charge < -0.3 is 5.32 Å².